The number of amides is 1. The fourth-order valence-corrected chi connectivity index (χ4v) is 3.41. The molecular weight excluding hydrogens is 314 g/mol. The Hall–Kier alpha value is -1.08. The molecule has 0 radical (unpaired) electrons. The van der Waals surface area contributed by atoms with Crippen LogP contribution in [0.2, 0.25) is 0 Å². The van der Waals surface area contributed by atoms with E-state index in [-0.39, 0.29) is 10.6 Å². The third-order valence-corrected chi connectivity index (χ3v) is 4.85. The Kier molecular flexibility index (Phi) is 6.67. The molecule has 0 aliphatic rings. The maximum Gasteiger partial charge on any atom is 0.273 e. The number of H-pyrrole nitrogens is 1. The van der Waals surface area contributed by atoms with Gasteiger partial charge in [-0.1, -0.05) is 40.0 Å². The van der Waals surface area contributed by atoms with Gasteiger partial charge in [-0.2, -0.15) is 5.10 Å². The van der Waals surface area contributed by atoms with E-state index in [1.807, 2.05) is 20.8 Å². The molecule has 0 saturated heterocycles. The summed E-state index contributed by atoms with van der Waals surface area (Å²) in [5.41, 5.74) is 0.222. The predicted molar refractivity (Wildman–Crippen MR) is 82.0 cm³/mol. The first-order chi connectivity index (χ1) is 9.85. The molecule has 120 valence electrons. The van der Waals surface area contributed by atoms with E-state index < -0.39 is 15.0 Å². The molecule has 0 atom stereocenters. The summed E-state index contributed by atoms with van der Waals surface area (Å²) in [6.45, 7) is 6.48. The smallest absolute Gasteiger partial charge is 0.273 e. The minimum atomic E-state index is -4.02. The van der Waals surface area contributed by atoms with E-state index in [2.05, 4.69) is 15.5 Å². The highest BCUT2D eigenvalue weighted by atomic mass is 35.7. The van der Waals surface area contributed by atoms with E-state index in [0.29, 0.717) is 24.6 Å². The van der Waals surface area contributed by atoms with Crippen LogP contribution in [0.3, 0.4) is 0 Å². The van der Waals surface area contributed by atoms with Gasteiger partial charge >= 0.3 is 0 Å². The van der Waals surface area contributed by atoms with Crippen LogP contribution in [0.1, 0.15) is 56.2 Å². The first kappa shape index (κ1) is 18.0. The molecule has 0 saturated carbocycles. The maximum atomic E-state index is 12.1. The largest absolute Gasteiger partial charge is 0.350 e. The van der Waals surface area contributed by atoms with E-state index in [9.17, 15) is 13.2 Å². The number of hydrogen-bond acceptors (Lipinski definition) is 4. The van der Waals surface area contributed by atoms with Crippen molar-refractivity contribution in [1.29, 1.82) is 0 Å². The minimum absolute atomic E-state index is 0.153. The van der Waals surface area contributed by atoms with Gasteiger partial charge in [0.1, 0.15) is 4.90 Å². The van der Waals surface area contributed by atoms with Crippen molar-refractivity contribution in [3.63, 3.8) is 0 Å². The lowest BCUT2D eigenvalue weighted by atomic mass is 10.0. The zero-order valence-electron chi connectivity index (χ0n) is 12.6. The van der Waals surface area contributed by atoms with Crippen LogP contribution in [0.4, 0.5) is 0 Å². The lowest BCUT2D eigenvalue weighted by Crippen LogP contribution is -2.30. The number of rotatable bonds is 8. The lowest BCUT2D eigenvalue weighted by Gasteiger charge is -2.12. The van der Waals surface area contributed by atoms with Gasteiger partial charge in [-0.3, -0.25) is 9.89 Å². The van der Waals surface area contributed by atoms with Gasteiger partial charge in [0, 0.05) is 17.2 Å². The zero-order valence-corrected chi connectivity index (χ0v) is 14.1. The van der Waals surface area contributed by atoms with Crippen LogP contribution in [0.15, 0.2) is 4.90 Å². The number of nitrogens with one attached hydrogen (secondary N) is 2. The van der Waals surface area contributed by atoms with Crippen molar-refractivity contribution in [2.24, 2.45) is 5.92 Å². The Bertz CT molecular complexity index is 579. The molecule has 0 bridgehead atoms. The lowest BCUT2D eigenvalue weighted by molar-refractivity contribution is 0.0938. The van der Waals surface area contributed by atoms with Crippen LogP contribution >= 0.6 is 10.7 Å². The topological polar surface area (TPSA) is 91.9 Å². The molecule has 6 nitrogen and oxygen atoms in total. The van der Waals surface area contributed by atoms with E-state index in [4.69, 9.17) is 10.7 Å². The van der Waals surface area contributed by atoms with Gasteiger partial charge < -0.3 is 5.32 Å². The molecule has 1 aromatic rings. The van der Waals surface area contributed by atoms with Crippen LogP contribution in [0, 0.1) is 5.92 Å². The molecule has 1 aromatic heterocycles. The van der Waals surface area contributed by atoms with Crippen molar-refractivity contribution in [2.45, 2.75) is 51.3 Å². The molecule has 1 heterocycles. The van der Waals surface area contributed by atoms with Crippen LogP contribution in [-0.4, -0.2) is 31.1 Å². The van der Waals surface area contributed by atoms with Crippen molar-refractivity contribution >= 4 is 25.6 Å². The number of carbonyl (C=O) groups excluding carboxylic acids is 1. The SMILES string of the molecule is CCCc1[nH]nc(C(=O)NCC(CC)CC)c1S(=O)(=O)Cl. The molecule has 1 rings (SSSR count). The molecule has 0 unspecified atom stereocenters. The quantitative estimate of drug-likeness (QED) is 0.714. The van der Waals surface area contributed by atoms with Crippen LogP contribution in [-0.2, 0) is 15.5 Å². The van der Waals surface area contributed by atoms with Gasteiger partial charge in [-0.25, -0.2) is 8.42 Å². The fraction of sp³-hybridized carbons (Fsp3) is 0.692. The molecule has 0 aliphatic heterocycles. The monoisotopic (exact) mass is 335 g/mol. The summed E-state index contributed by atoms with van der Waals surface area (Å²) in [4.78, 5) is 11.9. The second-order valence-electron chi connectivity index (χ2n) is 4.96. The Morgan fingerprint density at radius 3 is 2.43 bits per heavy atom. The molecule has 0 aliphatic carbocycles. The average Bonchev–Trinajstić information content (AvgIpc) is 2.84. The highest BCUT2D eigenvalue weighted by Crippen LogP contribution is 2.23. The van der Waals surface area contributed by atoms with Gasteiger partial charge in [0.25, 0.3) is 15.0 Å². The van der Waals surface area contributed by atoms with Crippen molar-refractivity contribution in [3.8, 4) is 0 Å². The molecule has 8 heteroatoms. The highest BCUT2D eigenvalue weighted by molar-refractivity contribution is 8.13. The Morgan fingerprint density at radius 2 is 1.95 bits per heavy atom. The zero-order chi connectivity index (χ0) is 16.0. The summed E-state index contributed by atoms with van der Waals surface area (Å²) in [5, 5.41) is 9.16. The van der Waals surface area contributed by atoms with Gasteiger partial charge in [-0.15, -0.1) is 0 Å². The molecule has 2 N–H and O–H groups in total. The minimum Gasteiger partial charge on any atom is -0.350 e. The second-order valence-corrected chi connectivity index (χ2v) is 7.46. The number of aromatic amines is 1. The van der Waals surface area contributed by atoms with Crippen molar-refractivity contribution in [3.05, 3.63) is 11.4 Å². The third kappa shape index (κ3) is 4.71. The van der Waals surface area contributed by atoms with Gasteiger partial charge in [0.05, 0.1) is 5.69 Å². The standard InChI is InChI=1S/C13H22ClN3O3S/c1-4-7-10-12(21(14,19)20)11(17-16-10)13(18)15-8-9(5-2)6-3/h9H,4-8H2,1-3H3,(H,15,18)(H,16,17). The Labute approximate surface area is 130 Å². The average molecular weight is 336 g/mol. The summed E-state index contributed by atoms with van der Waals surface area (Å²) < 4.78 is 23.4. The van der Waals surface area contributed by atoms with Gasteiger partial charge in [0.2, 0.25) is 0 Å². The first-order valence-corrected chi connectivity index (χ1v) is 9.46. The van der Waals surface area contributed by atoms with E-state index in [1.165, 1.54) is 0 Å². The molecular formula is C13H22ClN3O3S. The van der Waals surface area contributed by atoms with Gasteiger partial charge in [0.15, 0.2) is 5.69 Å². The summed E-state index contributed by atoms with van der Waals surface area (Å²) in [6, 6.07) is 0. The van der Waals surface area contributed by atoms with Crippen LogP contribution < -0.4 is 5.32 Å². The van der Waals surface area contributed by atoms with Crippen LogP contribution in [0.25, 0.3) is 0 Å². The van der Waals surface area contributed by atoms with Crippen molar-refractivity contribution in [2.75, 3.05) is 6.54 Å². The number of nitrogens with zero attached hydrogens (tertiary/aromatic N) is 1. The predicted octanol–water partition coefficient (Wildman–Crippen LogP) is 2.46. The molecule has 0 aromatic carbocycles. The summed E-state index contributed by atoms with van der Waals surface area (Å²) in [7, 11) is 1.42. The normalized spacial score (nSPS) is 11.9. The number of hydrogen-bond donors (Lipinski definition) is 2. The van der Waals surface area contributed by atoms with Crippen molar-refractivity contribution in [1.82, 2.24) is 15.5 Å². The molecule has 0 fully saturated rings. The van der Waals surface area contributed by atoms with E-state index in [0.717, 1.165) is 19.3 Å². The van der Waals surface area contributed by atoms with Crippen LogP contribution in [0.5, 0.6) is 0 Å². The maximum absolute atomic E-state index is 12.1. The summed E-state index contributed by atoms with van der Waals surface area (Å²) >= 11 is 0. The number of carbonyl (C=O) groups is 1. The van der Waals surface area contributed by atoms with E-state index in [1.54, 1.807) is 0 Å². The van der Waals surface area contributed by atoms with Gasteiger partial charge in [-0.05, 0) is 12.3 Å². The summed E-state index contributed by atoms with van der Waals surface area (Å²) in [6.07, 6.45) is 3.07. The Balaban J connectivity index is 2.99. The third-order valence-electron chi connectivity index (χ3n) is 3.46. The van der Waals surface area contributed by atoms with Crippen molar-refractivity contribution < 1.29 is 13.2 Å². The number of aromatic nitrogens is 2. The fourth-order valence-electron chi connectivity index (χ4n) is 2.10. The summed E-state index contributed by atoms with van der Waals surface area (Å²) in [5.74, 6) is -0.154. The number of aryl methyl sites for hydroxylation is 1. The number of halogens is 1. The highest BCUT2D eigenvalue weighted by Gasteiger charge is 2.28. The van der Waals surface area contributed by atoms with E-state index >= 15 is 0 Å². The first-order valence-electron chi connectivity index (χ1n) is 7.15. The molecule has 1 amide bonds. The molecule has 21 heavy (non-hydrogen) atoms. The second kappa shape index (κ2) is 7.79. The molecule has 0 spiro atoms. The Morgan fingerprint density at radius 1 is 1.33 bits per heavy atom.